The fourth-order valence-corrected chi connectivity index (χ4v) is 4.11. The minimum atomic E-state index is 0.135. The molecule has 0 saturated heterocycles. The van der Waals surface area contributed by atoms with Gasteiger partial charge in [0.2, 0.25) is 0 Å². The molecule has 0 atom stereocenters. The predicted octanol–water partition coefficient (Wildman–Crippen LogP) is 4.69. The molecule has 0 aliphatic heterocycles. The lowest BCUT2D eigenvalue weighted by atomic mass is 10.1. The third-order valence-corrected chi connectivity index (χ3v) is 5.41. The van der Waals surface area contributed by atoms with E-state index in [1.54, 1.807) is 22.7 Å². The first-order chi connectivity index (χ1) is 10.3. The summed E-state index contributed by atoms with van der Waals surface area (Å²) in [5, 5.41) is 5.07. The van der Waals surface area contributed by atoms with E-state index in [0.717, 1.165) is 27.4 Å². The third kappa shape index (κ3) is 2.26. The van der Waals surface area contributed by atoms with Crippen LogP contribution in [-0.2, 0) is 6.42 Å². The summed E-state index contributed by atoms with van der Waals surface area (Å²) in [5.41, 5.74) is 3.65. The molecule has 2 heterocycles. The van der Waals surface area contributed by atoms with Gasteiger partial charge in [-0.3, -0.25) is 4.79 Å². The van der Waals surface area contributed by atoms with E-state index in [2.05, 4.69) is 11.1 Å². The average Bonchev–Trinajstić information content (AvgIpc) is 3.21. The molecule has 1 aliphatic carbocycles. The summed E-state index contributed by atoms with van der Waals surface area (Å²) in [6.45, 7) is 0. The number of carbonyl (C=O) groups is 1. The first-order valence-electron chi connectivity index (χ1n) is 6.64. The quantitative estimate of drug-likeness (QED) is 0.643. The lowest BCUT2D eigenvalue weighted by molar-refractivity contribution is 0.104. The summed E-state index contributed by atoms with van der Waals surface area (Å²) < 4.78 is 0. The van der Waals surface area contributed by atoms with E-state index in [9.17, 15) is 4.79 Å². The van der Waals surface area contributed by atoms with Gasteiger partial charge in [-0.15, -0.1) is 22.7 Å². The summed E-state index contributed by atoms with van der Waals surface area (Å²) in [6.07, 6.45) is 2.64. The molecule has 0 N–H and O–H groups in total. The number of hydrogen-bond donors (Lipinski definition) is 0. The Bertz CT molecular complexity index is 843. The highest BCUT2D eigenvalue weighted by atomic mass is 32.1. The van der Waals surface area contributed by atoms with Gasteiger partial charge < -0.3 is 0 Å². The SMILES string of the molecule is O=C1/C(=C/c2csc(-c3cccs3)n2)Cc2ccccc21. The second kappa shape index (κ2) is 5.06. The molecule has 102 valence electrons. The van der Waals surface area contributed by atoms with E-state index in [-0.39, 0.29) is 5.78 Å². The molecule has 2 aromatic heterocycles. The molecule has 0 radical (unpaired) electrons. The molecule has 0 saturated carbocycles. The Labute approximate surface area is 130 Å². The van der Waals surface area contributed by atoms with Gasteiger partial charge in [0.05, 0.1) is 10.6 Å². The van der Waals surface area contributed by atoms with Crippen molar-refractivity contribution >= 4 is 34.5 Å². The first-order valence-corrected chi connectivity index (χ1v) is 8.40. The maximum atomic E-state index is 12.3. The predicted molar refractivity (Wildman–Crippen MR) is 87.9 cm³/mol. The largest absolute Gasteiger partial charge is 0.289 e. The highest BCUT2D eigenvalue weighted by Crippen LogP contribution is 2.31. The van der Waals surface area contributed by atoms with Crippen molar-refractivity contribution in [3.05, 3.63) is 69.6 Å². The van der Waals surface area contributed by atoms with E-state index in [4.69, 9.17) is 0 Å². The van der Waals surface area contributed by atoms with Gasteiger partial charge in [-0.2, -0.15) is 0 Å². The van der Waals surface area contributed by atoms with Crippen LogP contribution in [0.4, 0.5) is 0 Å². The van der Waals surface area contributed by atoms with Crippen molar-refractivity contribution in [2.24, 2.45) is 0 Å². The zero-order valence-corrected chi connectivity index (χ0v) is 12.7. The number of allylic oxidation sites excluding steroid dienone is 1. The van der Waals surface area contributed by atoms with Crippen molar-refractivity contribution in [3.63, 3.8) is 0 Å². The average molecular weight is 309 g/mol. The fraction of sp³-hybridized carbons (Fsp3) is 0.0588. The zero-order valence-electron chi connectivity index (χ0n) is 11.1. The van der Waals surface area contributed by atoms with E-state index < -0.39 is 0 Å². The molecule has 0 bridgehead atoms. The summed E-state index contributed by atoms with van der Waals surface area (Å²) in [6, 6.07) is 11.9. The van der Waals surface area contributed by atoms with Crippen molar-refractivity contribution in [1.82, 2.24) is 4.98 Å². The Hall–Kier alpha value is -2.04. The van der Waals surface area contributed by atoms with Gasteiger partial charge >= 0.3 is 0 Å². The summed E-state index contributed by atoms with van der Waals surface area (Å²) in [7, 11) is 0. The van der Waals surface area contributed by atoms with Crippen LogP contribution >= 0.6 is 22.7 Å². The molecule has 0 amide bonds. The molecular weight excluding hydrogens is 298 g/mol. The molecule has 0 fully saturated rings. The number of thiophene rings is 1. The van der Waals surface area contributed by atoms with Crippen LogP contribution in [0.2, 0.25) is 0 Å². The number of aromatic nitrogens is 1. The number of hydrogen-bond acceptors (Lipinski definition) is 4. The molecular formula is C17H11NOS2. The zero-order chi connectivity index (χ0) is 14.2. The van der Waals surface area contributed by atoms with Crippen LogP contribution in [0.5, 0.6) is 0 Å². The fourth-order valence-electron chi connectivity index (χ4n) is 2.52. The van der Waals surface area contributed by atoms with E-state index in [1.165, 1.54) is 4.88 Å². The van der Waals surface area contributed by atoms with E-state index >= 15 is 0 Å². The van der Waals surface area contributed by atoms with Gasteiger partial charge in [0.25, 0.3) is 0 Å². The van der Waals surface area contributed by atoms with Crippen molar-refractivity contribution in [1.29, 1.82) is 0 Å². The van der Waals surface area contributed by atoms with Gasteiger partial charge in [0, 0.05) is 22.9 Å². The standard InChI is InChI=1S/C17H11NOS2/c19-16-12(8-11-4-1-2-5-14(11)16)9-13-10-21-17(18-13)15-6-3-7-20-15/h1-7,9-10H,8H2/b12-9+. The van der Waals surface area contributed by atoms with Crippen LogP contribution in [0.1, 0.15) is 21.6 Å². The minimum Gasteiger partial charge on any atom is -0.289 e. The van der Waals surface area contributed by atoms with E-state index in [0.29, 0.717) is 6.42 Å². The van der Waals surface area contributed by atoms with Crippen LogP contribution in [0.25, 0.3) is 16.0 Å². The van der Waals surface area contributed by atoms with Crippen LogP contribution in [0, 0.1) is 0 Å². The van der Waals surface area contributed by atoms with Gasteiger partial charge in [-0.1, -0.05) is 30.3 Å². The highest BCUT2D eigenvalue weighted by molar-refractivity contribution is 7.20. The van der Waals surface area contributed by atoms with Gasteiger partial charge in [-0.05, 0) is 23.1 Å². The first kappa shape index (κ1) is 12.7. The molecule has 0 unspecified atom stereocenters. The topological polar surface area (TPSA) is 30.0 Å². The Morgan fingerprint density at radius 1 is 1.10 bits per heavy atom. The molecule has 4 heteroatoms. The molecule has 1 aromatic carbocycles. The highest BCUT2D eigenvalue weighted by Gasteiger charge is 2.24. The number of rotatable bonds is 2. The maximum Gasteiger partial charge on any atom is 0.189 e. The normalized spacial score (nSPS) is 15.6. The molecule has 21 heavy (non-hydrogen) atoms. The van der Waals surface area contributed by atoms with Crippen molar-refractivity contribution in [3.8, 4) is 9.88 Å². The molecule has 0 spiro atoms. The van der Waals surface area contributed by atoms with Gasteiger partial charge in [0.15, 0.2) is 5.78 Å². The molecule has 3 aromatic rings. The minimum absolute atomic E-state index is 0.135. The molecule has 2 nitrogen and oxygen atoms in total. The van der Waals surface area contributed by atoms with Crippen LogP contribution in [-0.4, -0.2) is 10.8 Å². The Morgan fingerprint density at radius 2 is 2.00 bits per heavy atom. The number of Topliss-reactive ketones (excluding diaryl/α,β-unsaturated/α-hetero) is 1. The summed E-state index contributed by atoms with van der Waals surface area (Å²) in [5.74, 6) is 0.135. The lowest BCUT2D eigenvalue weighted by Crippen LogP contribution is -1.94. The van der Waals surface area contributed by atoms with Crippen molar-refractivity contribution in [2.45, 2.75) is 6.42 Å². The Kier molecular flexibility index (Phi) is 3.05. The monoisotopic (exact) mass is 309 g/mol. The molecule has 1 aliphatic rings. The van der Waals surface area contributed by atoms with E-state index in [1.807, 2.05) is 47.2 Å². The van der Waals surface area contributed by atoms with Gasteiger partial charge in [0.1, 0.15) is 5.01 Å². The number of carbonyl (C=O) groups excluding carboxylic acids is 1. The number of ketones is 1. The number of fused-ring (bicyclic) bond motifs is 1. The second-order valence-electron chi connectivity index (χ2n) is 4.89. The number of benzene rings is 1. The van der Waals surface area contributed by atoms with Crippen LogP contribution in [0.15, 0.2) is 52.7 Å². The number of thiazole rings is 1. The second-order valence-corrected chi connectivity index (χ2v) is 6.69. The van der Waals surface area contributed by atoms with Crippen molar-refractivity contribution < 1.29 is 4.79 Å². The smallest absolute Gasteiger partial charge is 0.189 e. The maximum absolute atomic E-state index is 12.3. The van der Waals surface area contributed by atoms with Crippen LogP contribution in [0.3, 0.4) is 0 Å². The number of nitrogens with zero attached hydrogens (tertiary/aromatic N) is 1. The third-order valence-electron chi connectivity index (χ3n) is 3.51. The van der Waals surface area contributed by atoms with Crippen LogP contribution < -0.4 is 0 Å². The lowest BCUT2D eigenvalue weighted by Gasteiger charge is -1.92. The summed E-state index contributed by atoms with van der Waals surface area (Å²) in [4.78, 5) is 18.1. The van der Waals surface area contributed by atoms with Crippen molar-refractivity contribution in [2.75, 3.05) is 0 Å². The Morgan fingerprint density at radius 3 is 2.81 bits per heavy atom. The van der Waals surface area contributed by atoms with Gasteiger partial charge in [-0.25, -0.2) is 4.98 Å². The summed E-state index contributed by atoms with van der Waals surface area (Å²) >= 11 is 3.30. The molecule has 4 rings (SSSR count). The Balaban J connectivity index is 1.66.